The number of carbonyl (C=O) groups excluding carboxylic acids is 1. The Morgan fingerprint density at radius 1 is 1.35 bits per heavy atom. The Balaban J connectivity index is 1.70. The number of alkyl halides is 3. The molecule has 1 aliphatic carbocycles. The van der Waals surface area contributed by atoms with Crippen molar-refractivity contribution >= 4 is 5.91 Å². The van der Waals surface area contributed by atoms with Gasteiger partial charge in [-0.2, -0.15) is 18.3 Å². The van der Waals surface area contributed by atoms with E-state index < -0.39 is 17.8 Å². The smallest absolute Gasteiger partial charge is 0.345 e. The molecule has 1 aromatic carbocycles. The molecule has 4 nitrogen and oxygen atoms in total. The maximum atomic E-state index is 12.5. The van der Waals surface area contributed by atoms with Crippen LogP contribution >= 0.6 is 0 Å². The van der Waals surface area contributed by atoms with Crippen molar-refractivity contribution in [2.75, 3.05) is 0 Å². The monoisotopic (exact) mass is 323 g/mol. The number of H-pyrrole nitrogens is 1. The van der Waals surface area contributed by atoms with Crippen molar-refractivity contribution in [2.24, 2.45) is 0 Å². The van der Waals surface area contributed by atoms with E-state index in [9.17, 15) is 18.0 Å². The zero-order valence-electron chi connectivity index (χ0n) is 12.5. The lowest BCUT2D eigenvalue weighted by molar-refractivity contribution is -0.141. The number of amides is 1. The number of aromatic amines is 1. The Morgan fingerprint density at radius 3 is 2.61 bits per heavy atom. The van der Waals surface area contributed by atoms with Crippen LogP contribution in [0, 0.1) is 6.92 Å². The van der Waals surface area contributed by atoms with E-state index in [0.29, 0.717) is 6.42 Å². The van der Waals surface area contributed by atoms with Crippen LogP contribution < -0.4 is 5.32 Å². The summed E-state index contributed by atoms with van der Waals surface area (Å²) in [4.78, 5) is 12.2. The molecule has 2 aromatic rings. The fourth-order valence-corrected chi connectivity index (χ4v) is 2.56. The third-order valence-electron chi connectivity index (χ3n) is 4.14. The first-order valence-corrected chi connectivity index (χ1v) is 7.29. The van der Waals surface area contributed by atoms with Crippen LogP contribution in [-0.4, -0.2) is 21.6 Å². The lowest BCUT2D eigenvalue weighted by Gasteiger charge is -2.18. The topological polar surface area (TPSA) is 57.8 Å². The Kier molecular flexibility index (Phi) is 3.66. The van der Waals surface area contributed by atoms with Gasteiger partial charge in [0.1, 0.15) is 5.69 Å². The van der Waals surface area contributed by atoms with Gasteiger partial charge in [0.25, 0.3) is 5.91 Å². The molecule has 0 radical (unpaired) electrons. The van der Waals surface area contributed by atoms with Gasteiger partial charge in [0.05, 0.1) is 0 Å². The molecule has 0 aliphatic heterocycles. The molecule has 0 saturated heterocycles. The molecule has 2 N–H and O–H groups in total. The minimum Gasteiger partial charge on any atom is -0.345 e. The highest BCUT2D eigenvalue weighted by atomic mass is 19.4. The van der Waals surface area contributed by atoms with Gasteiger partial charge in [0.15, 0.2) is 5.69 Å². The van der Waals surface area contributed by atoms with Crippen LogP contribution in [0.2, 0.25) is 0 Å². The molecule has 3 rings (SSSR count). The highest BCUT2D eigenvalue weighted by Crippen LogP contribution is 2.39. The zero-order chi connectivity index (χ0) is 16.7. The van der Waals surface area contributed by atoms with Gasteiger partial charge < -0.3 is 5.32 Å². The van der Waals surface area contributed by atoms with Gasteiger partial charge in [-0.05, 0) is 37.3 Å². The van der Waals surface area contributed by atoms with E-state index in [2.05, 4.69) is 10.4 Å². The Morgan fingerprint density at radius 2 is 2.04 bits per heavy atom. The molecule has 7 heteroatoms. The summed E-state index contributed by atoms with van der Waals surface area (Å²) in [6.45, 7) is 2.00. The molecule has 1 saturated carbocycles. The summed E-state index contributed by atoms with van der Waals surface area (Å²) in [7, 11) is 0. The average Bonchev–Trinajstić information content (AvgIpc) is 3.02. The molecule has 0 spiro atoms. The highest BCUT2D eigenvalue weighted by Gasteiger charge is 2.44. The van der Waals surface area contributed by atoms with E-state index in [1.807, 2.05) is 36.3 Å². The number of hydrogen-bond donors (Lipinski definition) is 2. The van der Waals surface area contributed by atoms with Crippen LogP contribution in [0.5, 0.6) is 0 Å². The van der Waals surface area contributed by atoms with Crippen molar-refractivity contribution in [1.29, 1.82) is 0 Å². The normalized spacial score (nSPS) is 16.2. The number of benzene rings is 1. The minimum absolute atomic E-state index is 0.242. The van der Waals surface area contributed by atoms with Crippen molar-refractivity contribution in [3.8, 4) is 0 Å². The summed E-state index contributed by atoms with van der Waals surface area (Å²) >= 11 is 0. The zero-order valence-corrected chi connectivity index (χ0v) is 12.5. The van der Waals surface area contributed by atoms with Crippen molar-refractivity contribution in [1.82, 2.24) is 15.5 Å². The predicted molar refractivity (Wildman–Crippen MR) is 77.9 cm³/mol. The van der Waals surface area contributed by atoms with Crippen LogP contribution in [0.1, 0.15) is 40.2 Å². The van der Waals surface area contributed by atoms with E-state index in [-0.39, 0.29) is 11.2 Å². The van der Waals surface area contributed by atoms with E-state index >= 15 is 0 Å². The van der Waals surface area contributed by atoms with Crippen molar-refractivity contribution in [3.05, 3.63) is 52.8 Å². The first kappa shape index (κ1) is 15.6. The predicted octanol–water partition coefficient (Wildman–Crippen LogP) is 3.24. The van der Waals surface area contributed by atoms with E-state index in [1.165, 1.54) is 0 Å². The first-order chi connectivity index (χ1) is 10.8. The summed E-state index contributed by atoms with van der Waals surface area (Å²) in [5, 5.41) is 8.15. The summed E-state index contributed by atoms with van der Waals surface area (Å²) in [6, 6.07) is 8.61. The third kappa shape index (κ3) is 3.38. The lowest BCUT2D eigenvalue weighted by atomic mass is 9.99. The number of aromatic nitrogens is 2. The van der Waals surface area contributed by atoms with Gasteiger partial charge in [0, 0.05) is 11.6 Å². The number of nitrogens with zero attached hydrogens (tertiary/aromatic N) is 1. The van der Waals surface area contributed by atoms with Gasteiger partial charge in [-0.25, -0.2) is 0 Å². The molecule has 122 valence electrons. The number of aryl methyl sites for hydroxylation is 1. The molecular weight excluding hydrogens is 307 g/mol. The van der Waals surface area contributed by atoms with Crippen molar-refractivity contribution in [3.63, 3.8) is 0 Å². The summed E-state index contributed by atoms with van der Waals surface area (Å²) < 4.78 is 37.6. The second kappa shape index (κ2) is 5.40. The van der Waals surface area contributed by atoms with E-state index in [1.54, 1.807) is 0 Å². The summed E-state index contributed by atoms with van der Waals surface area (Å²) in [5.41, 5.74) is 0.621. The number of halogens is 3. The first-order valence-electron chi connectivity index (χ1n) is 7.29. The third-order valence-corrected chi connectivity index (χ3v) is 4.14. The minimum atomic E-state index is -4.54. The lowest BCUT2D eigenvalue weighted by Crippen LogP contribution is -2.38. The maximum absolute atomic E-state index is 12.5. The second-order valence-corrected chi connectivity index (χ2v) is 6.00. The van der Waals surface area contributed by atoms with Crippen LogP contribution in [-0.2, 0) is 12.6 Å². The molecule has 0 unspecified atom stereocenters. The largest absolute Gasteiger partial charge is 0.432 e. The van der Waals surface area contributed by atoms with Gasteiger partial charge >= 0.3 is 6.18 Å². The van der Waals surface area contributed by atoms with Gasteiger partial charge in [0.2, 0.25) is 0 Å². The van der Waals surface area contributed by atoms with Gasteiger partial charge in [-0.3, -0.25) is 9.89 Å². The SMILES string of the molecule is Cc1ccccc1CC1(NC(=O)c2cc(C(F)(F)F)[nH]n2)CC1. The molecule has 1 heterocycles. The Labute approximate surface area is 131 Å². The van der Waals surface area contributed by atoms with E-state index in [4.69, 9.17) is 0 Å². The van der Waals surface area contributed by atoms with Gasteiger partial charge in [-0.15, -0.1) is 0 Å². The molecule has 1 aromatic heterocycles. The van der Waals surface area contributed by atoms with Crippen LogP contribution in [0.4, 0.5) is 13.2 Å². The molecule has 1 amide bonds. The number of nitrogens with one attached hydrogen (secondary N) is 2. The summed E-state index contributed by atoms with van der Waals surface area (Å²) in [5.74, 6) is -0.581. The molecular formula is C16H16F3N3O. The van der Waals surface area contributed by atoms with Crippen LogP contribution in [0.25, 0.3) is 0 Å². The summed E-state index contributed by atoms with van der Waals surface area (Å²) in [6.07, 6.45) is -2.25. The quantitative estimate of drug-likeness (QED) is 0.907. The van der Waals surface area contributed by atoms with E-state index in [0.717, 1.165) is 30.0 Å². The maximum Gasteiger partial charge on any atom is 0.432 e. The molecule has 0 bridgehead atoms. The fraction of sp³-hybridized carbons (Fsp3) is 0.375. The van der Waals surface area contributed by atoms with Crippen molar-refractivity contribution < 1.29 is 18.0 Å². The fourth-order valence-electron chi connectivity index (χ4n) is 2.56. The van der Waals surface area contributed by atoms with Crippen molar-refractivity contribution in [2.45, 2.75) is 37.9 Å². The second-order valence-electron chi connectivity index (χ2n) is 6.00. The molecule has 1 aliphatic rings. The number of rotatable bonds is 4. The Bertz CT molecular complexity index is 732. The Hall–Kier alpha value is -2.31. The number of carbonyl (C=O) groups is 1. The standard InChI is InChI=1S/C16H16F3N3O/c1-10-4-2-3-5-11(10)9-15(6-7-15)20-14(23)12-8-13(22-21-12)16(17,18)19/h2-5,8H,6-7,9H2,1H3,(H,20,23)(H,21,22). The highest BCUT2D eigenvalue weighted by molar-refractivity contribution is 5.93. The molecule has 23 heavy (non-hydrogen) atoms. The number of hydrogen-bond acceptors (Lipinski definition) is 2. The van der Waals surface area contributed by atoms with Crippen LogP contribution in [0.15, 0.2) is 30.3 Å². The average molecular weight is 323 g/mol. The molecule has 1 fully saturated rings. The van der Waals surface area contributed by atoms with Gasteiger partial charge in [-0.1, -0.05) is 24.3 Å². The van der Waals surface area contributed by atoms with Crippen LogP contribution in [0.3, 0.4) is 0 Å². The molecule has 0 atom stereocenters.